The summed E-state index contributed by atoms with van der Waals surface area (Å²) < 4.78 is 1.07. The van der Waals surface area contributed by atoms with E-state index in [2.05, 4.69) is 27.3 Å². The molecular formula is C10H12BrNOS. The number of aliphatic hydroxyl groups excluding tert-OH is 1. The van der Waals surface area contributed by atoms with E-state index in [9.17, 15) is 5.11 Å². The molecule has 0 amide bonds. The smallest absolute Gasteiger partial charge is 0.0961 e. The predicted octanol–water partition coefficient (Wildman–Crippen LogP) is 2.18. The van der Waals surface area contributed by atoms with Gasteiger partial charge in [0.2, 0.25) is 0 Å². The number of hydrogen-bond acceptors (Lipinski definition) is 3. The van der Waals surface area contributed by atoms with Crippen LogP contribution in [0, 0.1) is 0 Å². The molecule has 0 radical (unpaired) electrons. The zero-order valence-electron chi connectivity index (χ0n) is 7.83. The van der Waals surface area contributed by atoms with Crippen molar-refractivity contribution in [2.24, 2.45) is 0 Å². The number of nitrogens with one attached hydrogen (secondary N) is 1. The summed E-state index contributed by atoms with van der Waals surface area (Å²) in [7, 11) is 1.89. The summed E-state index contributed by atoms with van der Waals surface area (Å²) in [5.41, 5.74) is 1.03. The van der Waals surface area contributed by atoms with Gasteiger partial charge >= 0.3 is 0 Å². The van der Waals surface area contributed by atoms with Crippen LogP contribution in [-0.4, -0.2) is 23.9 Å². The van der Waals surface area contributed by atoms with E-state index in [1.54, 1.807) is 11.8 Å². The summed E-state index contributed by atoms with van der Waals surface area (Å²) >= 11 is 5.22. The highest BCUT2D eigenvalue weighted by molar-refractivity contribution is 9.10. The molecule has 1 aromatic rings. The predicted molar refractivity (Wildman–Crippen MR) is 62.7 cm³/mol. The Morgan fingerprint density at radius 1 is 1.57 bits per heavy atom. The third-order valence-corrected chi connectivity index (χ3v) is 4.15. The molecule has 0 aliphatic carbocycles. The van der Waals surface area contributed by atoms with Crippen molar-refractivity contribution in [3.63, 3.8) is 0 Å². The van der Waals surface area contributed by atoms with Gasteiger partial charge in [0.1, 0.15) is 0 Å². The molecule has 2 nitrogen and oxygen atoms in total. The van der Waals surface area contributed by atoms with Gasteiger partial charge in [-0.1, -0.05) is 22.0 Å². The van der Waals surface area contributed by atoms with Crippen LogP contribution in [0.4, 0.5) is 0 Å². The number of aliphatic hydroxyl groups is 1. The first-order chi connectivity index (χ1) is 6.72. The standard InChI is InChI=1S/C10H12BrNOS/c1-12-8-5-14-9-4-6(11)2-3-7(9)10(8)13/h2-4,8,10,12-13H,5H2,1H3. The molecule has 2 N–H and O–H groups in total. The van der Waals surface area contributed by atoms with Crippen LogP contribution in [0.3, 0.4) is 0 Å². The first kappa shape index (κ1) is 10.5. The van der Waals surface area contributed by atoms with Crippen molar-refractivity contribution in [2.75, 3.05) is 12.8 Å². The number of thioether (sulfide) groups is 1. The van der Waals surface area contributed by atoms with Crippen molar-refractivity contribution in [1.82, 2.24) is 5.32 Å². The third-order valence-electron chi connectivity index (χ3n) is 2.46. The highest BCUT2D eigenvalue weighted by Crippen LogP contribution is 2.37. The molecule has 2 rings (SSSR count). The van der Waals surface area contributed by atoms with Gasteiger partial charge in [-0.15, -0.1) is 11.8 Å². The molecule has 2 atom stereocenters. The minimum atomic E-state index is -0.385. The summed E-state index contributed by atoms with van der Waals surface area (Å²) in [5, 5.41) is 13.1. The second-order valence-corrected chi connectivity index (χ2v) is 5.31. The molecule has 2 unspecified atom stereocenters. The normalized spacial score (nSPS) is 25.9. The van der Waals surface area contributed by atoms with Gasteiger partial charge in [-0.25, -0.2) is 0 Å². The molecule has 14 heavy (non-hydrogen) atoms. The molecular weight excluding hydrogens is 262 g/mol. The Morgan fingerprint density at radius 3 is 3.07 bits per heavy atom. The largest absolute Gasteiger partial charge is 0.387 e. The zero-order chi connectivity index (χ0) is 10.1. The lowest BCUT2D eigenvalue weighted by atomic mass is 10.0. The topological polar surface area (TPSA) is 32.3 Å². The average Bonchev–Trinajstić information content (AvgIpc) is 2.18. The second kappa shape index (κ2) is 4.23. The van der Waals surface area contributed by atoms with Gasteiger partial charge in [0.05, 0.1) is 6.10 Å². The highest BCUT2D eigenvalue weighted by Gasteiger charge is 2.26. The van der Waals surface area contributed by atoms with Crippen molar-refractivity contribution in [2.45, 2.75) is 17.0 Å². The van der Waals surface area contributed by atoms with E-state index in [1.807, 2.05) is 19.2 Å². The molecule has 1 aliphatic rings. The van der Waals surface area contributed by atoms with Crippen molar-refractivity contribution in [3.8, 4) is 0 Å². The van der Waals surface area contributed by atoms with Crippen LogP contribution in [0.25, 0.3) is 0 Å². The van der Waals surface area contributed by atoms with Crippen molar-refractivity contribution >= 4 is 27.7 Å². The Balaban J connectivity index is 2.36. The Labute approximate surface area is 96.2 Å². The third kappa shape index (κ3) is 1.84. The summed E-state index contributed by atoms with van der Waals surface area (Å²) in [6.07, 6.45) is -0.385. The molecule has 0 fully saturated rings. The Morgan fingerprint density at radius 2 is 2.36 bits per heavy atom. The zero-order valence-corrected chi connectivity index (χ0v) is 10.2. The molecule has 1 aliphatic heterocycles. The number of hydrogen-bond donors (Lipinski definition) is 2. The SMILES string of the molecule is CNC1CSc2cc(Br)ccc2C1O. The maximum Gasteiger partial charge on any atom is 0.0961 e. The van der Waals surface area contributed by atoms with Crippen LogP contribution in [0.5, 0.6) is 0 Å². The van der Waals surface area contributed by atoms with E-state index in [0.717, 1.165) is 15.8 Å². The molecule has 0 aromatic heterocycles. The molecule has 1 heterocycles. The van der Waals surface area contributed by atoms with Crippen LogP contribution >= 0.6 is 27.7 Å². The Kier molecular flexibility index (Phi) is 3.17. The van der Waals surface area contributed by atoms with Gasteiger partial charge in [0, 0.05) is 21.2 Å². The quantitative estimate of drug-likeness (QED) is 0.823. The molecule has 0 bridgehead atoms. The number of likely N-dealkylation sites (N-methyl/N-ethyl adjacent to an activating group) is 1. The van der Waals surface area contributed by atoms with Gasteiger partial charge in [-0.3, -0.25) is 0 Å². The fraction of sp³-hybridized carbons (Fsp3) is 0.400. The van der Waals surface area contributed by atoms with Crippen molar-refractivity contribution in [1.29, 1.82) is 0 Å². The van der Waals surface area contributed by atoms with Crippen molar-refractivity contribution < 1.29 is 5.11 Å². The first-order valence-electron chi connectivity index (χ1n) is 4.50. The maximum absolute atomic E-state index is 10.0. The fourth-order valence-electron chi connectivity index (χ4n) is 1.61. The van der Waals surface area contributed by atoms with Crippen LogP contribution in [-0.2, 0) is 0 Å². The van der Waals surface area contributed by atoms with E-state index in [-0.39, 0.29) is 12.1 Å². The van der Waals surface area contributed by atoms with Gasteiger partial charge < -0.3 is 10.4 Å². The lowest BCUT2D eigenvalue weighted by molar-refractivity contribution is 0.137. The minimum Gasteiger partial charge on any atom is -0.387 e. The second-order valence-electron chi connectivity index (χ2n) is 3.33. The lowest BCUT2D eigenvalue weighted by Gasteiger charge is -2.29. The molecule has 0 saturated heterocycles. The average molecular weight is 274 g/mol. The lowest BCUT2D eigenvalue weighted by Crippen LogP contribution is -2.36. The highest BCUT2D eigenvalue weighted by atomic mass is 79.9. The summed E-state index contributed by atoms with van der Waals surface area (Å²) in [6.45, 7) is 0. The molecule has 0 saturated carbocycles. The van der Waals surface area contributed by atoms with E-state index in [1.165, 1.54) is 4.90 Å². The monoisotopic (exact) mass is 273 g/mol. The summed E-state index contributed by atoms with van der Waals surface area (Å²) in [4.78, 5) is 1.18. The van der Waals surface area contributed by atoms with E-state index < -0.39 is 0 Å². The Bertz CT molecular complexity index is 345. The van der Waals surface area contributed by atoms with Gasteiger partial charge in [0.25, 0.3) is 0 Å². The first-order valence-corrected chi connectivity index (χ1v) is 6.28. The number of halogens is 1. The van der Waals surface area contributed by atoms with E-state index in [0.29, 0.717) is 0 Å². The van der Waals surface area contributed by atoms with Crippen LogP contribution < -0.4 is 5.32 Å². The van der Waals surface area contributed by atoms with E-state index >= 15 is 0 Å². The minimum absolute atomic E-state index is 0.161. The van der Waals surface area contributed by atoms with Gasteiger partial charge in [-0.2, -0.15) is 0 Å². The van der Waals surface area contributed by atoms with Gasteiger partial charge in [0.15, 0.2) is 0 Å². The molecule has 0 spiro atoms. The Hall–Kier alpha value is -0.0300. The number of fused-ring (bicyclic) bond motifs is 1. The van der Waals surface area contributed by atoms with Crippen LogP contribution in [0.15, 0.2) is 27.6 Å². The maximum atomic E-state index is 10.0. The number of rotatable bonds is 1. The van der Waals surface area contributed by atoms with E-state index in [4.69, 9.17) is 0 Å². The molecule has 4 heteroatoms. The molecule has 1 aromatic carbocycles. The fourth-order valence-corrected chi connectivity index (χ4v) is 3.39. The van der Waals surface area contributed by atoms with Crippen molar-refractivity contribution in [3.05, 3.63) is 28.2 Å². The van der Waals surface area contributed by atoms with Crippen LogP contribution in [0.2, 0.25) is 0 Å². The van der Waals surface area contributed by atoms with Gasteiger partial charge in [-0.05, 0) is 24.7 Å². The number of benzene rings is 1. The van der Waals surface area contributed by atoms with Crippen LogP contribution in [0.1, 0.15) is 11.7 Å². The molecule has 76 valence electrons. The summed E-state index contributed by atoms with van der Waals surface area (Å²) in [5.74, 6) is 0.918. The summed E-state index contributed by atoms with van der Waals surface area (Å²) in [6, 6.07) is 6.18.